The summed E-state index contributed by atoms with van der Waals surface area (Å²) in [5.41, 5.74) is 2.98. The van der Waals surface area contributed by atoms with Crippen LogP contribution in [0.5, 0.6) is 0 Å². The van der Waals surface area contributed by atoms with Crippen LogP contribution in [0.15, 0.2) is 36.8 Å². The third-order valence-corrected chi connectivity index (χ3v) is 3.34. The molecule has 0 unspecified atom stereocenters. The molecular weight excluding hydrogens is 260 g/mol. The third kappa shape index (κ3) is 2.15. The summed E-state index contributed by atoms with van der Waals surface area (Å²) in [6.45, 7) is 2.01. The highest BCUT2D eigenvalue weighted by atomic mass is 35.5. The standard InChI is InChI=1S/C14H13ClN4/c1-9-7-10(15)3-4-12(9)18-13-11-5-6-19(2)14(11)17-8-16-13/h3-8H,1-2H3,(H,16,17,18). The van der Waals surface area contributed by atoms with Gasteiger partial charge in [-0.05, 0) is 36.8 Å². The van der Waals surface area contributed by atoms with E-state index in [9.17, 15) is 0 Å². The van der Waals surface area contributed by atoms with Crippen molar-refractivity contribution in [3.05, 3.63) is 47.4 Å². The van der Waals surface area contributed by atoms with Gasteiger partial charge in [0, 0.05) is 24.0 Å². The van der Waals surface area contributed by atoms with Gasteiger partial charge in [0.05, 0.1) is 5.39 Å². The Morgan fingerprint density at radius 1 is 1.21 bits per heavy atom. The van der Waals surface area contributed by atoms with Crippen molar-refractivity contribution in [1.29, 1.82) is 0 Å². The van der Waals surface area contributed by atoms with E-state index >= 15 is 0 Å². The Labute approximate surface area is 116 Å². The van der Waals surface area contributed by atoms with E-state index in [4.69, 9.17) is 11.6 Å². The number of aryl methyl sites for hydroxylation is 2. The highest BCUT2D eigenvalue weighted by molar-refractivity contribution is 6.30. The van der Waals surface area contributed by atoms with E-state index in [0.29, 0.717) is 0 Å². The number of halogens is 1. The molecule has 1 aromatic carbocycles. The molecule has 0 amide bonds. The molecule has 0 saturated heterocycles. The first-order valence-corrected chi connectivity index (χ1v) is 6.32. The van der Waals surface area contributed by atoms with Crippen molar-refractivity contribution in [3.8, 4) is 0 Å². The van der Waals surface area contributed by atoms with Crippen LogP contribution in [0.1, 0.15) is 5.56 Å². The summed E-state index contributed by atoms with van der Waals surface area (Å²) in [5.74, 6) is 0.802. The van der Waals surface area contributed by atoms with Gasteiger partial charge in [0.15, 0.2) is 0 Å². The third-order valence-electron chi connectivity index (χ3n) is 3.10. The van der Waals surface area contributed by atoms with E-state index in [0.717, 1.165) is 33.1 Å². The average Bonchev–Trinajstić information content (AvgIpc) is 2.76. The number of benzene rings is 1. The molecule has 0 spiro atoms. The number of anilines is 2. The summed E-state index contributed by atoms with van der Waals surface area (Å²) in [4.78, 5) is 8.58. The van der Waals surface area contributed by atoms with Gasteiger partial charge in [-0.3, -0.25) is 0 Å². The molecule has 2 heterocycles. The lowest BCUT2D eigenvalue weighted by molar-refractivity contribution is 0.944. The molecule has 19 heavy (non-hydrogen) atoms. The van der Waals surface area contributed by atoms with Crippen molar-refractivity contribution < 1.29 is 0 Å². The number of fused-ring (bicyclic) bond motifs is 1. The first-order chi connectivity index (χ1) is 9.15. The molecule has 1 N–H and O–H groups in total. The van der Waals surface area contributed by atoms with E-state index in [1.54, 1.807) is 6.33 Å². The number of nitrogens with zero attached hydrogens (tertiary/aromatic N) is 3. The molecule has 0 atom stereocenters. The van der Waals surface area contributed by atoms with Gasteiger partial charge < -0.3 is 9.88 Å². The fraction of sp³-hybridized carbons (Fsp3) is 0.143. The molecule has 0 bridgehead atoms. The number of hydrogen-bond donors (Lipinski definition) is 1. The van der Waals surface area contributed by atoms with Crippen LogP contribution in [0, 0.1) is 6.92 Å². The second kappa shape index (κ2) is 4.55. The zero-order valence-corrected chi connectivity index (χ0v) is 11.4. The topological polar surface area (TPSA) is 42.7 Å². The van der Waals surface area contributed by atoms with Crippen LogP contribution in [-0.4, -0.2) is 14.5 Å². The molecule has 5 heteroatoms. The maximum Gasteiger partial charge on any atom is 0.145 e. The molecule has 3 aromatic rings. The zero-order chi connectivity index (χ0) is 13.4. The first-order valence-electron chi connectivity index (χ1n) is 5.94. The van der Waals surface area contributed by atoms with Crippen molar-refractivity contribution in [1.82, 2.24) is 14.5 Å². The van der Waals surface area contributed by atoms with Crippen molar-refractivity contribution in [3.63, 3.8) is 0 Å². The van der Waals surface area contributed by atoms with E-state index in [2.05, 4.69) is 15.3 Å². The summed E-state index contributed by atoms with van der Waals surface area (Å²) >= 11 is 5.96. The maximum absolute atomic E-state index is 5.96. The van der Waals surface area contributed by atoms with Crippen LogP contribution in [0.4, 0.5) is 11.5 Å². The Balaban J connectivity index is 2.06. The summed E-state index contributed by atoms with van der Waals surface area (Å²) in [6.07, 6.45) is 3.54. The Hall–Kier alpha value is -2.07. The van der Waals surface area contributed by atoms with Crippen LogP contribution >= 0.6 is 11.6 Å². The summed E-state index contributed by atoms with van der Waals surface area (Å²) in [5, 5.41) is 5.06. The monoisotopic (exact) mass is 272 g/mol. The molecule has 0 saturated carbocycles. The van der Waals surface area contributed by atoms with Gasteiger partial charge in [-0.15, -0.1) is 0 Å². The average molecular weight is 273 g/mol. The quantitative estimate of drug-likeness (QED) is 0.774. The number of rotatable bonds is 2. The minimum Gasteiger partial charge on any atom is -0.339 e. The van der Waals surface area contributed by atoms with Gasteiger partial charge in [-0.1, -0.05) is 11.6 Å². The summed E-state index contributed by atoms with van der Waals surface area (Å²) in [6, 6.07) is 7.74. The van der Waals surface area contributed by atoms with Gasteiger partial charge in [0.25, 0.3) is 0 Å². The fourth-order valence-corrected chi connectivity index (χ4v) is 2.30. The van der Waals surface area contributed by atoms with E-state index in [1.165, 1.54) is 0 Å². The van der Waals surface area contributed by atoms with Crippen molar-refractivity contribution in [2.45, 2.75) is 6.92 Å². The van der Waals surface area contributed by atoms with E-state index < -0.39 is 0 Å². The predicted molar refractivity (Wildman–Crippen MR) is 78.0 cm³/mol. The van der Waals surface area contributed by atoms with Gasteiger partial charge in [-0.25, -0.2) is 9.97 Å². The molecule has 3 rings (SSSR count). The van der Waals surface area contributed by atoms with Gasteiger partial charge in [-0.2, -0.15) is 0 Å². The number of aromatic nitrogens is 3. The molecule has 2 aromatic heterocycles. The molecule has 0 radical (unpaired) electrons. The molecular formula is C14H13ClN4. The molecule has 0 aliphatic carbocycles. The minimum absolute atomic E-state index is 0.732. The lowest BCUT2D eigenvalue weighted by Gasteiger charge is -2.09. The van der Waals surface area contributed by atoms with Gasteiger partial charge >= 0.3 is 0 Å². The van der Waals surface area contributed by atoms with Crippen molar-refractivity contribution >= 4 is 34.1 Å². The largest absolute Gasteiger partial charge is 0.339 e. The van der Waals surface area contributed by atoms with E-state index in [1.807, 2.05) is 49.0 Å². The van der Waals surface area contributed by atoms with Crippen molar-refractivity contribution in [2.24, 2.45) is 7.05 Å². The van der Waals surface area contributed by atoms with Crippen LogP contribution in [0.3, 0.4) is 0 Å². The smallest absolute Gasteiger partial charge is 0.145 e. The minimum atomic E-state index is 0.732. The maximum atomic E-state index is 5.96. The van der Waals surface area contributed by atoms with Crippen LogP contribution in [0.2, 0.25) is 5.02 Å². The highest BCUT2D eigenvalue weighted by Gasteiger charge is 2.08. The van der Waals surface area contributed by atoms with Crippen LogP contribution in [0.25, 0.3) is 11.0 Å². The van der Waals surface area contributed by atoms with Gasteiger partial charge in [0.1, 0.15) is 17.8 Å². The Morgan fingerprint density at radius 2 is 2.05 bits per heavy atom. The van der Waals surface area contributed by atoms with Gasteiger partial charge in [0.2, 0.25) is 0 Å². The lowest BCUT2D eigenvalue weighted by atomic mass is 10.2. The SMILES string of the molecule is Cc1cc(Cl)ccc1Nc1ncnc2c1ccn2C. The predicted octanol–water partition coefficient (Wildman–Crippen LogP) is 3.67. The normalized spacial score (nSPS) is 10.9. The summed E-state index contributed by atoms with van der Waals surface area (Å²) in [7, 11) is 1.96. The first kappa shape index (κ1) is 12.0. The second-order valence-corrected chi connectivity index (χ2v) is 4.91. The Morgan fingerprint density at radius 3 is 2.84 bits per heavy atom. The fourth-order valence-electron chi connectivity index (χ4n) is 2.07. The van der Waals surface area contributed by atoms with E-state index in [-0.39, 0.29) is 0 Å². The lowest BCUT2D eigenvalue weighted by Crippen LogP contribution is -1.98. The van der Waals surface area contributed by atoms with Crippen LogP contribution < -0.4 is 5.32 Å². The van der Waals surface area contributed by atoms with Crippen LogP contribution in [-0.2, 0) is 7.05 Å². The molecule has 0 aliphatic rings. The second-order valence-electron chi connectivity index (χ2n) is 4.47. The zero-order valence-electron chi connectivity index (χ0n) is 10.7. The molecule has 0 fully saturated rings. The number of hydrogen-bond acceptors (Lipinski definition) is 3. The highest BCUT2D eigenvalue weighted by Crippen LogP contribution is 2.26. The molecule has 4 nitrogen and oxygen atoms in total. The van der Waals surface area contributed by atoms with Crippen molar-refractivity contribution in [2.75, 3.05) is 5.32 Å². The molecule has 0 aliphatic heterocycles. The number of nitrogens with one attached hydrogen (secondary N) is 1. The molecule has 96 valence electrons. The summed E-state index contributed by atoms with van der Waals surface area (Å²) < 4.78 is 1.97. The Kier molecular flexibility index (Phi) is 2.87. The Bertz CT molecular complexity index is 748.